The number of ether oxygens (including phenoxy) is 1. The summed E-state index contributed by atoms with van der Waals surface area (Å²) in [6.07, 6.45) is 0.257. The van der Waals surface area contributed by atoms with Crippen molar-refractivity contribution in [2.45, 2.75) is 32.8 Å². The van der Waals surface area contributed by atoms with Crippen molar-refractivity contribution in [3.63, 3.8) is 0 Å². The molecule has 1 aromatic heterocycles. The zero-order chi connectivity index (χ0) is 19.9. The van der Waals surface area contributed by atoms with Gasteiger partial charge in [-0.05, 0) is 39.0 Å². The molecule has 7 nitrogen and oxygen atoms in total. The predicted molar refractivity (Wildman–Crippen MR) is 103 cm³/mol. The zero-order valence-electron chi connectivity index (χ0n) is 15.9. The van der Waals surface area contributed by atoms with Gasteiger partial charge in [0.05, 0.1) is 17.7 Å². The average molecular weight is 387 g/mol. The van der Waals surface area contributed by atoms with Crippen LogP contribution in [0.15, 0.2) is 18.2 Å². The third-order valence-corrected chi connectivity index (χ3v) is 5.19. The molecule has 2 heterocycles. The number of carbonyl (C=O) groups is 3. The average Bonchev–Trinajstić information content (AvgIpc) is 2.92. The van der Waals surface area contributed by atoms with E-state index in [2.05, 4.69) is 10.3 Å². The lowest BCUT2D eigenvalue weighted by Gasteiger charge is -2.31. The molecule has 3 rings (SSSR count). The Morgan fingerprint density at radius 2 is 2.00 bits per heavy atom. The lowest BCUT2D eigenvalue weighted by Crippen LogP contribution is -2.36. The summed E-state index contributed by atoms with van der Waals surface area (Å²) in [5, 5.41) is 3.03. The second kappa shape index (κ2) is 6.77. The molecule has 1 aliphatic rings. The first kappa shape index (κ1) is 19.0. The number of aromatic nitrogens is 1. The number of benzene rings is 1. The van der Waals surface area contributed by atoms with Crippen molar-refractivity contribution >= 4 is 34.1 Å². The van der Waals surface area contributed by atoms with Crippen LogP contribution in [0, 0.1) is 6.92 Å². The van der Waals surface area contributed by atoms with E-state index in [0.29, 0.717) is 32.6 Å². The third-order valence-electron chi connectivity index (χ3n) is 4.13. The molecule has 1 N–H and O–H groups in total. The molecule has 1 aromatic carbocycles. The highest BCUT2D eigenvalue weighted by molar-refractivity contribution is 7.17. The van der Waals surface area contributed by atoms with Crippen LogP contribution in [-0.2, 0) is 0 Å². The van der Waals surface area contributed by atoms with Crippen LogP contribution in [0.5, 0.6) is 5.75 Å². The third kappa shape index (κ3) is 3.85. The van der Waals surface area contributed by atoms with Gasteiger partial charge in [0, 0.05) is 19.7 Å². The Kier molecular flexibility index (Phi) is 4.77. The molecular formula is C19H21N3O4S. The Hall–Kier alpha value is -2.74. The summed E-state index contributed by atoms with van der Waals surface area (Å²) < 4.78 is 5.81. The molecule has 0 radical (unpaired) electrons. The molecule has 0 saturated heterocycles. The molecule has 8 heteroatoms. The fourth-order valence-corrected chi connectivity index (χ4v) is 3.80. The molecule has 142 valence electrons. The summed E-state index contributed by atoms with van der Waals surface area (Å²) >= 11 is 1.12. The minimum atomic E-state index is -0.554. The SMILES string of the molecule is Cc1nc(NC(=O)c2ccc3c(c2)C(=O)CC(C)(C)O3)sc1C(=O)N(C)C. The molecular weight excluding hydrogens is 366 g/mol. The van der Waals surface area contributed by atoms with Crippen LogP contribution in [0.3, 0.4) is 0 Å². The van der Waals surface area contributed by atoms with Gasteiger partial charge < -0.3 is 9.64 Å². The lowest BCUT2D eigenvalue weighted by atomic mass is 9.92. The van der Waals surface area contributed by atoms with Gasteiger partial charge in [0.15, 0.2) is 10.9 Å². The van der Waals surface area contributed by atoms with E-state index in [0.717, 1.165) is 11.3 Å². The normalized spacial score (nSPS) is 14.9. The molecule has 0 bridgehead atoms. The Bertz CT molecular complexity index is 946. The van der Waals surface area contributed by atoms with Crippen molar-refractivity contribution in [3.8, 4) is 5.75 Å². The highest BCUT2D eigenvalue weighted by atomic mass is 32.1. The molecule has 0 aliphatic carbocycles. The van der Waals surface area contributed by atoms with E-state index in [1.54, 1.807) is 33.2 Å². The Balaban J connectivity index is 1.82. The second-order valence-electron chi connectivity index (χ2n) is 7.26. The zero-order valence-corrected chi connectivity index (χ0v) is 16.7. The quantitative estimate of drug-likeness (QED) is 0.874. The molecule has 1 aliphatic heterocycles. The van der Waals surface area contributed by atoms with Crippen LogP contribution in [0.4, 0.5) is 5.13 Å². The van der Waals surface area contributed by atoms with Crippen LogP contribution in [0.25, 0.3) is 0 Å². The Morgan fingerprint density at radius 3 is 2.67 bits per heavy atom. The first-order valence-corrected chi connectivity index (χ1v) is 9.26. The van der Waals surface area contributed by atoms with E-state index in [9.17, 15) is 14.4 Å². The van der Waals surface area contributed by atoms with E-state index in [4.69, 9.17) is 4.74 Å². The van der Waals surface area contributed by atoms with Crippen LogP contribution < -0.4 is 10.1 Å². The first-order chi connectivity index (χ1) is 12.6. The van der Waals surface area contributed by atoms with E-state index in [-0.39, 0.29) is 18.1 Å². The summed E-state index contributed by atoms with van der Waals surface area (Å²) in [4.78, 5) is 43.2. The van der Waals surface area contributed by atoms with Crippen LogP contribution >= 0.6 is 11.3 Å². The van der Waals surface area contributed by atoms with Gasteiger partial charge in [-0.1, -0.05) is 11.3 Å². The number of nitrogens with one attached hydrogen (secondary N) is 1. The van der Waals surface area contributed by atoms with E-state index in [1.165, 1.54) is 11.0 Å². The highest BCUT2D eigenvalue weighted by Crippen LogP contribution is 2.33. The number of rotatable bonds is 3. The number of thiazole rings is 1. The van der Waals surface area contributed by atoms with Gasteiger partial charge in [-0.25, -0.2) is 4.98 Å². The van der Waals surface area contributed by atoms with Crippen LogP contribution in [0.2, 0.25) is 0 Å². The number of ketones is 1. The minimum Gasteiger partial charge on any atom is -0.487 e. The van der Waals surface area contributed by atoms with E-state index in [1.807, 2.05) is 13.8 Å². The van der Waals surface area contributed by atoms with E-state index < -0.39 is 11.5 Å². The molecule has 0 atom stereocenters. The van der Waals surface area contributed by atoms with Crippen LogP contribution in [-0.4, -0.2) is 47.2 Å². The van der Waals surface area contributed by atoms with Gasteiger partial charge in [-0.2, -0.15) is 0 Å². The van der Waals surface area contributed by atoms with Gasteiger partial charge in [0.1, 0.15) is 16.2 Å². The summed E-state index contributed by atoms with van der Waals surface area (Å²) in [5.41, 5.74) is 0.742. The summed E-state index contributed by atoms with van der Waals surface area (Å²) in [7, 11) is 3.32. The number of hydrogen-bond acceptors (Lipinski definition) is 6. The fraction of sp³-hybridized carbons (Fsp3) is 0.368. The predicted octanol–water partition coefficient (Wildman–Crippen LogP) is 3.15. The maximum atomic E-state index is 12.6. The van der Waals surface area contributed by atoms with Gasteiger partial charge in [-0.3, -0.25) is 19.7 Å². The fourth-order valence-electron chi connectivity index (χ4n) is 2.81. The van der Waals surface area contributed by atoms with Crippen molar-refractivity contribution in [2.24, 2.45) is 0 Å². The number of fused-ring (bicyclic) bond motifs is 1. The summed E-state index contributed by atoms with van der Waals surface area (Å²) in [5.74, 6) is -0.130. The Morgan fingerprint density at radius 1 is 1.30 bits per heavy atom. The number of aryl methyl sites for hydroxylation is 1. The largest absolute Gasteiger partial charge is 0.487 e. The lowest BCUT2D eigenvalue weighted by molar-refractivity contribution is 0.0619. The molecule has 0 unspecified atom stereocenters. The standard InChI is InChI=1S/C19H21N3O4S/c1-10-15(17(25)22(4)5)27-18(20-10)21-16(24)11-6-7-14-12(8-11)13(23)9-19(2,3)26-14/h6-8H,9H2,1-5H3,(H,20,21,24). The molecule has 0 fully saturated rings. The van der Waals surface area contributed by atoms with Gasteiger partial charge in [0.2, 0.25) is 0 Å². The monoisotopic (exact) mass is 387 g/mol. The highest BCUT2D eigenvalue weighted by Gasteiger charge is 2.33. The maximum absolute atomic E-state index is 12.6. The summed E-state index contributed by atoms with van der Waals surface area (Å²) in [6.45, 7) is 5.43. The number of amides is 2. The number of hydrogen-bond donors (Lipinski definition) is 1. The van der Waals surface area contributed by atoms with Crippen molar-refractivity contribution in [2.75, 3.05) is 19.4 Å². The van der Waals surface area contributed by atoms with Gasteiger partial charge in [0.25, 0.3) is 11.8 Å². The topological polar surface area (TPSA) is 88.6 Å². The first-order valence-electron chi connectivity index (χ1n) is 8.44. The molecule has 0 spiro atoms. The van der Waals surface area contributed by atoms with Gasteiger partial charge >= 0.3 is 0 Å². The van der Waals surface area contributed by atoms with Crippen molar-refractivity contribution in [3.05, 3.63) is 39.9 Å². The second-order valence-corrected chi connectivity index (χ2v) is 8.26. The number of carbonyl (C=O) groups excluding carboxylic acids is 3. The van der Waals surface area contributed by atoms with Crippen molar-refractivity contribution in [1.29, 1.82) is 0 Å². The number of anilines is 1. The summed E-state index contributed by atoms with van der Waals surface area (Å²) in [6, 6.07) is 4.78. The molecule has 2 amide bonds. The molecule has 2 aromatic rings. The maximum Gasteiger partial charge on any atom is 0.265 e. The van der Waals surface area contributed by atoms with Crippen molar-refractivity contribution < 1.29 is 19.1 Å². The van der Waals surface area contributed by atoms with Gasteiger partial charge in [-0.15, -0.1) is 0 Å². The van der Waals surface area contributed by atoms with E-state index >= 15 is 0 Å². The number of nitrogens with zero attached hydrogens (tertiary/aromatic N) is 2. The molecule has 27 heavy (non-hydrogen) atoms. The smallest absolute Gasteiger partial charge is 0.265 e. The minimum absolute atomic E-state index is 0.0557. The van der Waals surface area contributed by atoms with Crippen molar-refractivity contribution in [1.82, 2.24) is 9.88 Å². The molecule has 0 saturated carbocycles. The Labute approximate surface area is 161 Å². The number of Topliss-reactive ketones (excluding diaryl/α,β-unsaturated/α-hetero) is 1. The van der Waals surface area contributed by atoms with Crippen LogP contribution in [0.1, 0.15) is 56.3 Å².